The summed E-state index contributed by atoms with van der Waals surface area (Å²) < 4.78 is 5.52. The van der Waals surface area contributed by atoms with Crippen molar-refractivity contribution in [2.45, 2.75) is 45.7 Å². The highest BCUT2D eigenvalue weighted by molar-refractivity contribution is 5.14. The second-order valence-electron chi connectivity index (χ2n) is 5.00. The fourth-order valence-corrected chi connectivity index (χ4v) is 2.47. The SMILES string of the molecule is CCN(Cc1occc1C)CC1CCCCN1. The summed E-state index contributed by atoms with van der Waals surface area (Å²) in [4.78, 5) is 2.47. The Kier molecular flexibility index (Phi) is 4.63. The number of hydrogen-bond donors (Lipinski definition) is 1. The molecule has 1 atom stereocenters. The van der Waals surface area contributed by atoms with Gasteiger partial charge in [0.15, 0.2) is 0 Å². The van der Waals surface area contributed by atoms with Crippen molar-refractivity contribution in [3.8, 4) is 0 Å². The van der Waals surface area contributed by atoms with Crippen LogP contribution in [0.4, 0.5) is 0 Å². The van der Waals surface area contributed by atoms with Gasteiger partial charge in [0.25, 0.3) is 0 Å². The van der Waals surface area contributed by atoms with Crippen molar-refractivity contribution in [1.82, 2.24) is 10.2 Å². The second kappa shape index (κ2) is 6.22. The van der Waals surface area contributed by atoms with Gasteiger partial charge in [-0.3, -0.25) is 4.90 Å². The Hall–Kier alpha value is -0.800. The summed E-state index contributed by atoms with van der Waals surface area (Å²) in [5.41, 5.74) is 1.26. The Morgan fingerprint density at radius 1 is 1.47 bits per heavy atom. The molecule has 0 saturated carbocycles. The van der Waals surface area contributed by atoms with Gasteiger partial charge in [-0.15, -0.1) is 0 Å². The first-order valence-corrected chi connectivity index (χ1v) is 6.78. The highest BCUT2D eigenvalue weighted by Gasteiger charge is 2.17. The molecule has 1 aromatic rings. The zero-order valence-electron chi connectivity index (χ0n) is 11.0. The molecule has 1 fully saturated rings. The monoisotopic (exact) mass is 236 g/mol. The van der Waals surface area contributed by atoms with E-state index >= 15 is 0 Å². The molecule has 0 amide bonds. The van der Waals surface area contributed by atoms with E-state index in [1.54, 1.807) is 6.26 Å². The number of nitrogens with one attached hydrogen (secondary N) is 1. The maximum Gasteiger partial charge on any atom is 0.120 e. The highest BCUT2D eigenvalue weighted by Crippen LogP contribution is 2.14. The van der Waals surface area contributed by atoms with E-state index in [4.69, 9.17) is 4.42 Å². The van der Waals surface area contributed by atoms with Crippen molar-refractivity contribution < 1.29 is 4.42 Å². The summed E-state index contributed by atoms with van der Waals surface area (Å²) in [5.74, 6) is 1.11. The molecule has 0 aliphatic carbocycles. The number of aryl methyl sites for hydroxylation is 1. The van der Waals surface area contributed by atoms with E-state index in [-0.39, 0.29) is 0 Å². The van der Waals surface area contributed by atoms with E-state index in [9.17, 15) is 0 Å². The molecule has 1 aliphatic heterocycles. The van der Waals surface area contributed by atoms with Crippen LogP contribution in [0.2, 0.25) is 0 Å². The second-order valence-corrected chi connectivity index (χ2v) is 5.00. The predicted molar refractivity (Wildman–Crippen MR) is 70.0 cm³/mol. The van der Waals surface area contributed by atoms with E-state index in [1.165, 1.54) is 31.4 Å². The third-order valence-electron chi connectivity index (χ3n) is 3.67. The van der Waals surface area contributed by atoms with Gasteiger partial charge in [-0.25, -0.2) is 0 Å². The fourth-order valence-electron chi connectivity index (χ4n) is 2.47. The van der Waals surface area contributed by atoms with Crippen LogP contribution in [-0.4, -0.2) is 30.6 Å². The van der Waals surface area contributed by atoms with Crippen LogP contribution in [0.3, 0.4) is 0 Å². The predicted octanol–water partition coefficient (Wildman–Crippen LogP) is 2.55. The van der Waals surface area contributed by atoms with Crippen LogP contribution in [0.5, 0.6) is 0 Å². The molecule has 1 aromatic heterocycles. The quantitative estimate of drug-likeness (QED) is 0.851. The summed E-state index contributed by atoms with van der Waals surface area (Å²) >= 11 is 0. The topological polar surface area (TPSA) is 28.4 Å². The van der Waals surface area contributed by atoms with Crippen LogP contribution >= 0.6 is 0 Å². The van der Waals surface area contributed by atoms with Crippen LogP contribution in [0.15, 0.2) is 16.7 Å². The number of furan rings is 1. The van der Waals surface area contributed by atoms with Crippen molar-refractivity contribution >= 4 is 0 Å². The molecule has 2 rings (SSSR count). The van der Waals surface area contributed by atoms with Crippen molar-refractivity contribution in [1.29, 1.82) is 0 Å². The van der Waals surface area contributed by atoms with Gasteiger partial charge in [0.2, 0.25) is 0 Å². The Balaban J connectivity index is 1.85. The van der Waals surface area contributed by atoms with Gasteiger partial charge in [0.1, 0.15) is 5.76 Å². The maximum absolute atomic E-state index is 5.52. The third-order valence-corrected chi connectivity index (χ3v) is 3.67. The molecular formula is C14H24N2O. The van der Waals surface area contributed by atoms with Gasteiger partial charge >= 0.3 is 0 Å². The lowest BCUT2D eigenvalue weighted by molar-refractivity contribution is 0.211. The highest BCUT2D eigenvalue weighted by atomic mass is 16.3. The number of nitrogens with zero attached hydrogens (tertiary/aromatic N) is 1. The summed E-state index contributed by atoms with van der Waals surface area (Å²) in [6, 6.07) is 2.71. The lowest BCUT2D eigenvalue weighted by Crippen LogP contribution is -2.43. The third kappa shape index (κ3) is 3.58. The molecule has 96 valence electrons. The standard InChI is InChI=1S/C14H24N2O/c1-3-16(10-13-6-4-5-8-15-13)11-14-12(2)7-9-17-14/h7,9,13,15H,3-6,8,10-11H2,1-2H3. The first-order chi connectivity index (χ1) is 8.29. The molecule has 3 heteroatoms. The summed E-state index contributed by atoms with van der Waals surface area (Å²) in [6.45, 7) is 8.68. The van der Waals surface area contributed by atoms with Gasteiger partial charge in [0, 0.05) is 12.6 Å². The molecule has 1 saturated heterocycles. The van der Waals surface area contributed by atoms with Crippen molar-refractivity contribution in [3.05, 3.63) is 23.7 Å². The summed E-state index contributed by atoms with van der Waals surface area (Å²) in [7, 11) is 0. The van der Waals surface area contributed by atoms with Crippen molar-refractivity contribution in [3.63, 3.8) is 0 Å². The Bertz CT molecular complexity index is 329. The zero-order valence-corrected chi connectivity index (χ0v) is 11.0. The maximum atomic E-state index is 5.52. The average molecular weight is 236 g/mol. The van der Waals surface area contributed by atoms with E-state index in [1.807, 2.05) is 6.07 Å². The molecule has 1 unspecified atom stereocenters. The number of hydrogen-bond acceptors (Lipinski definition) is 3. The molecule has 1 N–H and O–H groups in total. The van der Waals surface area contributed by atoms with E-state index in [2.05, 4.69) is 24.1 Å². The first kappa shape index (κ1) is 12.7. The molecule has 0 radical (unpaired) electrons. The average Bonchev–Trinajstić information content (AvgIpc) is 2.75. The smallest absolute Gasteiger partial charge is 0.120 e. The molecule has 2 heterocycles. The Morgan fingerprint density at radius 2 is 2.35 bits per heavy atom. The first-order valence-electron chi connectivity index (χ1n) is 6.78. The van der Waals surface area contributed by atoms with E-state index < -0.39 is 0 Å². The number of rotatable bonds is 5. The van der Waals surface area contributed by atoms with E-state index in [0.29, 0.717) is 6.04 Å². The van der Waals surface area contributed by atoms with Crippen LogP contribution in [0, 0.1) is 6.92 Å². The largest absolute Gasteiger partial charge is 0.468 e. The lowest BCUT2D eigenvalue weighted by Gasteiger charge is -2.29. The molecule has 3 nitrogen and oxygen atoms in total. The molecule has 17 heavy (non-hydrogen) atoms. The van der Waals surface area contributed by atoms with E-state index in [0.717, 1.165) is 25.4 Å². The van der Waals surface area contributed by atoms with Crippen molar-refractivity contribution in [2.24, 2.45) is 0 Å². The lowest BCUT2D eigenvalue weighted by atomic mass is 10.0. The molecular weight excluding hydrogens is 212 g/mol. The Labute approximate surface area is 104 Å². The van der Waals surface area contributed by atoms with Gasteiger partial charge < -0.3 is 9.73 Å². The minimum absolute atomic E-state index is 0.666. The zero-order chi connectivity index (χ0) is 12.1. The van der Waals surface area contributed by atoms with Gasteiger partial charge in [0.05, 0.1) is 12.8 Å². The minimum atomic E-state index is 0.666. The Morgan fingerprint density at radius 3 is 2.94 bits per heavy atom. The molecule has 0 aromatic carbocycles. The number of piperidine rings is 1. The minimum Gasteiger partial charge on any atom is -0.468 e. The van der Waals surface area contributed by atoms with Gasteiger partial charge in [-0.05, 0) is 44.5 Å². The fraction of sp³-hybridized carbons (Fsp3) is 0.714. The normalized spacial score (nSPS) is 21.0. The van der Waals surface area contributed by atoms with Crippen LogP contribution in [0.1, 0.15) is 37.5 Å². The van der Waals surface area contributed by atoms with Crippen LogP contribution in [0.25, 0.3) is 0 Å². The van der Waals surface area contributed by atoms with Crippen LogP contribution in [-0.2, 0) is 6.54 Å². The van der Waals surface area contributed by atoms with Gasteiger partial charge in [-0.1, -0.05) is 13.3 Å². The van der Waals surface area contributed by atoms with Crippen molar-refractivity contribution in [2.75, 3.05) is 19.6 Å². The number of likely N-dealkylation sites (N-methyl/N-ethyl adjacent to an activating group) is 1. The van der Waals surface area contributed by atoms with Crippen LogP contribution < -0.4 is 5.32 Å². The summed E-state index contributed by atoms with van der Waals surface area (Å²) in [5, 5.41) is 3.61. The molecule has 1 aliphatic rings. The molecule has 0 spiro atoms. The van der Waals surface area contributed by atoms with Gasteiger partial charge in [-0.2, -0.15) is 0 Å². The molecule has 0 bridgehead atoms. The summed E-state index contributed by atoms with van der Waals surface area (Å²) in [6.07, 6.45) is 5.81.